The van der Waals surface area contributed by atoms with Crippen molar-refractivity contribution < 1.29 is 19.5 Å². The third kappa shape index (κ3) is 3.87. The molecule has 0 spiro atoms. The third-order valence-corrected chi connectivity index (χ3v) is 3.85. The first-order valence-corrected chi connectivity index (χ1v) is 7.40. The smallest absolute Gasteiger partial charge is 0.434 e. The van der Waals surface area contributed by atoms with E-state index in [-0.39, 0.29) is 18.6 Å². The van der Waals surface area contributed by atoms with Crippen LogP contribution < -0.4 is 0 Å². The summed E-state index contributed by atoms with van der Waals surface area (Å²) in [5, 5.41) is 10.7. The zero-order chi connectivity index (χ0) is 15.4. The molecule has 6 heteroatoms. The van der Waals surface area contributed by atoms with Gasteiger partial charge in [-0.3, -0.25) is 4.84 Å². The largest absolute Gasteiger partial charge is 0.446 e. The molecule has 1 N–H and O–H groups in total. The van der Waals surface area contributed by atoms with Gasteiger partial charge in [0.05, 0.1) is 24.1 Å². The molecule has 5 nitrogen and oxygen atoms in total. The number of hydroxylamine groups is 2. The van der Waals surface area contributed by atoms with Crippen LogP contribution in [0.1, 0.15) is 25.5 Å². The second-order valence-electron chi connectivity index (χ2n) is 5.38. The van der Waals surface area contributed by atoms with Gasteiger partial charge in [-0.25, -0.2) is 4.79 Å². The number of nitrogens with zero attached hydrogens (tertiary/aromatic N) is 1. The summed E-state index contributed by atoms with van der Waals surface area (Å²) in [7, 11) is 0. The molecule has 2 rings (SSSR count). The van der Waals surface area contributed by atoms with Crippen LogP contribution in [0, 0.1) is 5.92 Å². The molecule has 0 aliphatic carbocycles. The first kappa shape index (κ1) is 16.1. The second-order valence-corrected chi connectivity index (χ2v) is 5.94. The average molecular weight is 314 g/mol. The lowest BCUT2D eigenvalue weighted by atomic mass is 10.1. The lowest BCUT2D eigenvalue weighted by Gasteiger charge is -2.25. The van der Waals surface area contributed by atoms with Crippen LogP contribution in [0.5, 0.6) is 0 Å². The Kier molecular flexibility index (Phi) is 5.45. The fraction of sp³-hybridized carbons (Fsp3) is 0.533. The van der Waals surface area contributed by atoms with Crippen LogP contribution in [0.2, 0.25) is 0 Å². The lowest BCUT2D eigenvalue weighted by molar-refractivity contribution is -0.143. The minimum atomic E-state index is -0.857. The van der Waals surface area contributed by atoms with E-state index in [1.54, 1.807) is 12.1 Å². The van der Waals surface area contributed by atoms with Gasteiger partial charge in [0.25, 0.3) is 0 Å². The predicted molar refractivity (Wildman–Crippen MR) is 78.8 cm³/mol. The molecular formula is C15H20ClNO4. The van der Waals surface area contributed by atoms with Gasteiger partial charge in [0, 0.05) is 0 Å². The number of aliphatic hydroxyl groups excluding tert-OH is 1. The van der Waals surface area contributed by atoms with E-state index in [2.05, 4.69) is 0 Å². The molecule has 0 saturated carbocycles. The molecule has 0 bridgehead atoms. The molecule has 1 heterocycles. The molecule has 1 aromatic carbocycles. The Labute approximate surface area is 129 Å². The SMILES string of the molecule is CC(C)[C@H]1COC(=O)N1OC[C@@H](Cl)[C@H](O)c1ccccc1. The van der Waals surface area contributed by atoms with Crippen molar-refractivity contribution >= 4 is 17.7 Å². The van der Waals surface area contributed by atoms with Crippen molar-refractivity contribution in [2.75, 3.05) is 13.2 Å². The number of cyclic esters (lactones) is 1. The van der Waals surface area contributed by atoms with Crippen LogP contribution in [-0.4, -0.2) is 40.9 Å². The average Bonchev–Trinajstić information content (AvgIpc) is 2.86. The molecule has 21 heavy (non-hydrogen) atoms. The molecule has 0 radical (unpaired) electrons. The van der Waals surface area contributed by atoms with Crippen molar-refractivity contribution in [2.45, 2.75) is 31.4 Å². The van der Waals surface area contributed by atoms with E-state index in [9.17, 15) is 9.90 Å². The highest BCUT2D eigenvalue weighted by Crippen LogP contribution is 2.24. The number of aliphatic hydroxyl groups is 1. The fourth-order valence-electron chi connectivity index (χ4n) is 2.14. The van der Waals surface area contributed by atoms with Crippen molar-refractivity contribution in [3.05, 3.63) is 35.9 Å². The Morgan fingerprint density at radius 1 is 1.43 bits per heavy atom. The Balaban J connectivity index is 1.91. The van der Waals surface area contributed by atoms with Gasteiger partial charge in [-0.15, -0.1) is 11.6 Å². The summed E-state index contributed by atoms with van der Waals surface area (Å²) in [6.45, 7) is 4.31. The maximum absolute atomic E-state index is 11.6. The van der Waals surface area contributed by atoms with E-state index in [4.69, 9.17) is 21.2 Å². The van der Waals surface area contributed by atoms with Crippen LogP contribution >= 0.6 is 11.6 Å². The zero-order valence-corrected chi connectivity index (χ0v) is 12.9. The number of ether oxygens (including phenoxy) is 1. The molecule has 116 valence electrons. The number of alkyl halides is 1. The predicted octanol–water partition coefficient (Wildman–Crippen LogP) is 2.74. The van der Waals surface area contributed by atoms with Gasteiger partial charge in [0.2, 0.25) is 0 Å². The molecule has 0 aromatic heterocycles. The molecular weight excluding hydrogens is 294 g/mol. The molecule has 1 fully saturated rings. The van der Waals surface area contributed by atoms with Gasteiger partial charge >= 0.3 is 6.09 Å². The Hall–Kier alpha value is -1.30. The fourth-order valence-corrected chi connectivity index (χ4v) is 2.34. The Morgan fingerprint density at radius 2 is 2.10 bits per heavy atom. The number of amides is 1. The summed E-state index contributed by atoms with van der Waals surface area (Å²) in [4.78, 5) is 17.1. The van der Waals surface area contributed by atoms with Gasteiger partial charge in [-0.1, -0.05) is 44.2 Å². The summed E-state index contributed by atoms with van der Waals surface area (Å²) < 4.78 is 4.97. The van der Waals surface area contributed by atoms with Crippen LogP contribution in [0.4, 0.5) is 4.79 Å². The summed E-state index contributed by atoms with van der Waals surface area (Å²) >= 11 is 6.17. The maximum Gasteiger partial charge on any atom is 0.434 e. The molecule has 3 atom stereocenters. The van der Waals surface area contributed by atoms with Gasteiger partial charge in [0.15, 0.2) is 0 Å². The second kappa shape index (κ2) is 7.11. The van der Waals surface area contributed by atoms with Crippen LogP contribution in [0.3, 0.4) is 0 Å². The van der Waals surface area contributed by atoms with Crippen molar-refractivity contribution in [3.63, 3.8) is 0 Å². The number of benzene rings is 1. The lowest BCUT2D eigenvalue weighted by Crippen LogP contribution is -2.39. The van der Waals surface area contributed by atoms with E-state index in [1.165, 1.54) is 5.06 Å². The topological polar surface area (TPSA) is 59.0 Å². The minimum Gasteiger partial charge on any atom is -0.446 e. The number of carbonyl (C=O) groups excluding carboxylic acids is 1. The maximum atomic E-state index is 11.6. The highest BCUT2D eigenvalue weighted by Gasteiger charge is 2.37. The molecule has 0 unspecified atom stereocenters. The van der Waals surface area contributed by atoms with E-state index in [1.807, 2.05) is 32.0 Å². The Bertz CT molecular complexity index is 468. The number of halogens is 1. The van der Waals surface area contributed by atoms with Gasteiger partial charge < -0.3 is 9.84 Å². The zero-order valence-electron chi connectivity index (χ0n) is 12.1. The monoisotopic (exact) mass is 313 g/mol. The van der Waals surface area contributed by atoms with Crippen LogP contribution in [0.15, 0.2) is 30.3 Å². The van der Waals surface area contributed by atoms with E-state index >= 15 is 0 Å². The van der Waals surface area contributed by atoms with Gasteiger partial charge in [0.1, 0.15) is 6.61 Å². The molecule has 1 aliphatic heterocycles. The number of carbonyl (C=O) groups is 1. The highest BCUT2D eigenvalue weighted by atomic mass is 35.5. The Morgan fingerprint density at radius 3 is 2.71 bits per heavy atom. The third-order valence-electron chi connectivity index (χ3n) is 3.48. The van der Waals surface area contributed by atoms with Crippen molar-refractivity contribution in [1.82, 2.24) is 5.06 Å². The van der Waals surface area contributed by atoms with E-state index in [0.717, 1.165) is 0 Å². The van der Waals surface area contributed by atoms with Crippen LogP contribution in [-0.2, 0) is 9.57 Å². The molecule has 1 aliphatic rings. The van der Waals surface area contributed by atoms with Gasteiger partial charge in [-0.2, -0.15) is 5.06 Å². The summed E-state index contributed by atoms with van der Waals surface area (Å²) in [5.41, 5.74) is 0.713. The number of hydrogen-bond donors (Lipinski definition) is 1. The van der Waals surface area contributed by atoms with Crippen molar-refractivity contribution in [3.8, 4) is 0 Å². The molecule has 1 aromatic rings. The van der Waals surface area contributed by atoms with Crippen LogP contribution in [0.25, 0.3) is 0 Å². The quantitative estimate of drug-likeness (QED) is 0.820. The van der Waals surface area contributed by atoms with Crippen molar-refractivity contribution in [2.24, 2.45) is 5.92 Å². The summed E-state index contributed by atoms with van der Waals surface area (Å²) in [6.07, 6.45) is -1.37. The highest BCUT2D eigenvalue weighted by molar-refractivity contribution is 6.21. The first-order valence-electron chi connectivity index (χ1n) is 6.96. The normalized spacial score (nSPS) is 21.5. The number of rotatable bonds is 6. The van der Waals surface area contributed by atoms with E-state index < -0.39 is 17.6 Å². The summed E-state index contributed by atoms with van der Waals surface area (Å²) in [5.74, 6) is 0.212. The molecule has 1 saturated heterocycles. The first-order chi connectivity index (χ1) is 10.0. The molecule has 1 amide bonds. The number of hydrogen-bond acceptors (Lipinski definition) is 4. The van der Waals surface area contributed by atoms with E-state index in [0.29, 0.717) is 12.2 Å². The standard InChI is InChI=1S/C15H20ClNO4/c1-10(2)13-9-20-15(19)17(13)21-8-12(16)14(18)11-6-4-3-5-7-11/h3-7,10,12-14,18H,8-9H2,1-2H3/t12-,13-,14-/m1/s1. The van der Waals surface area contributed by atoms with Crippen molar-refractivity contribution in [1.29, 1.82) is 0 Å². The summed E-state index contributed by atoms with van der Waals surface area (Å²) in [6, 6.07) is 8.98. The van der Waals surface area contributed by atoms with Gasteiger partial charge in [-0.05, 0) is 11.5 Å². The minimum absolute atomic E-state index is 0.0237.